The van der Waals surface area contributed by atoms with Crippen LogP contribution in [0.2, 0.25) is 0 Å². The van der Waals surface area contributed by atoms with Crippen molar-refractivity contribution >= 4 is 34.8 Å². The second-order valence-corrected chi connectivity index (χ2v) is 6.81. The van der Waals surface area contributed by atoms with Crippen LogP contribution in [0.4, 0.5) is 17.1 Å². The van der Waals surface area contributed by atoms with Crippen LogP contribution in [0.3, 0.4) is 0 Å². The number of anilines is 2. The van der Waals surface area contributed by atoms with E-state index in [2.05, 4.69) is 5.32 Å². The molecule has 0 fully saturated rings. The summed E-state index contributed by atoms with van der Waals surface area (Å²) in [7, 11) is 0. The largest absolute Gasteiger partial charge is 0.491 e. The molecule has 0 amide bonds. The maximum Gasteiger partial charge on any atom is 0.329 e. The number of hydrogen-bond donors (Lipinski definition) is 2. The van der Waals surface area contributed by atoms with E-state index in [0.29, 0.717) is 19.0 Å². The van der Waals surface area contributed by atoms with E-state index in [9.17, 15) is 14.9 Å². The molecule has 0 spiro atoms. The molecule has 0 atom stereocenters. The molecule has 9 nitrogen and oxygen atoms in total. The van der Waals surface area contributed by atoms with Crippen LogP contribution < -0.4 is 10.1 Å². The molecule has 0 unspecified atom stereocenters. The lowest BCUT2D eigenvalue weighted by Crippen LogP contribution is -2.14. The Kier molecular flexibility index (Phi) is 6.69. The fraction of sp³-hybridized carbons (Fsp3) is 0.278. The molecule has 1 aliphatic heterocycles. The smallest absolute Gasteiger partial charge is 0.329 e. The van der Waals surface area contributed by atoms with Gasteiger partial charge in [-0.15, -0.1) is 0 Å². The lowest BCUT2D eigenvalue weighted by atomic mass is 10.2. The highest BCUT2D eigenvalue weighted by Gasteiger charge is 2.19. The average molecular weight is 406 g/mol. The number of nitrogens with one attached hydrogen (secondary N) is 1. The van der Waals surface area contributed by atoms with Crippen molar-refractivity contribution in [2.75, 3.05) is 38.4 Å². The Balaban J connectivity index is 1.48. The van der Waals surface area contributed by atoms with Crippen molar-refractivity contribution < 1.29 is 29.0 Å². The van der Waals surface area contributed by atoms with Crippen LogP contribution >= 0.6 is 11.8 Å². The first-order valence-electron chi connectivity index (χ1n) is 8.40. The van der Waals surface area contributed by atoms with Gasteiger partial charge >= 0.3 is 5.97 Å². The number of aliphatic carboxylic acids is 1. The number of ether oxygens (including phenoxy) is 3. The van der Waals surface area contributed by atoms with Crippen LogP contribution in [0.5, 0.6) is 5.75 Å². The Hall–Kier alpha value is -2.82. The first-order valence-corrected chi connectivity index (χ1v) is 9.22. The molecule has 0 saturated carbocycles. The van der Waals surface area contributed by atoms with E-state index in [-0.39, 0.29) is 25.5 Å². The number of rotatable bonds is 10. The summed E-state index contributed by atoms with van der Waals surface area (Å²) in [5.74, 6) is -0.354. The van der Waals surface area contributed by atoms with E-state index in [1.54, 1.807) is 12.1 Å². The maximum atomic E-state index is 11.0. The molecule has 1 aliphatic rings. The number of nitrogens with zero attached hydrogens (tertiary/aromatic N) is 1. The fourth-order valence-corrected chi connectivity index (χ4v) is 3.50. The monoisotopic (exact) mass is 406 g/mol. The number of carboxylic acid groups (broad SMARTS) is 1. The number of benzene rings is 2. The Labute approximate surface area is 164 Å². The van der Waals surface area contributed by atoms with Crippen LogP contribution in [0.15, 0.2) is 46.2 Å². The summed E-state index contributed by atoms with van der Waals surface area (Å²) >= 11 is 1.44. The van der Waals surface area contributed by atoms with E-state index >= 15 is 0 Å². The number of nitro benzene ring substituents is 1. The first kappa shape index (κ1) is 19.9. The fourth-order valence-electron chi connectivity index (χ4n) is 2.45. The predicted molar refractivity (Wildman–Crippen MR) is 102 cm³/mol. The van der Waals surface area contributed by atoms with Gasteiger partial charge in [-0.25, -0.2) is 4.79 Å². The third kappa shape index (κ3) is 5.35. The van der Waals surface area contributed by atoms with Crippen LogP contribution in [-0.2, 0) is 14.3 Å². The molecule has 2 aromatic rings. The minimum absolute atomic E-state index is 0.0494. The third-order valence-corrected chi connectivity index (χ3v) is 4.83. The molecule has 1 heterocycles. The summed E-state index contributed by atoms with van der Waals surface area (Å²) in [5.41, 5.74) is 1.79. The molecule has 2 aromatic carbocycles. The van der Waals surface area contributed by atoms with Crippen LogP contribution in [0.1, 0.15) is 0 Å². The quantitative estimate of drug-likeness (QED) is 0.297. The van der Waals surface area contributed by atoms with Gasteiger partial charge in [0.25, 0.3) is 5.69 Å². The molecular weight excluding hydrogens is 388 g/mol. The highest BCUT2D eigenvalue weighted by molar-refractivity contribution is 7.99. The van der Waals surface area contributed by atoms with E-state index < -0.39 is 10.9 Å². The standard InChI is InChI=1S/C18H18N2O7S/c21-18(22)11-26-6-5-25-7-8-27-13-2-4-15-17(10-13)28-16-9-12(20(23)24)1-3-14(16)19-15/h1-4,9-10,19H,5-8,11H2,(H,21,22). The predicted octanol–water partition coefficient (Wildman–Crippen LogP) is 3.30. The highest BCUT2D eigenvalue weighted by atomic mass is 32.2. The zero-order chi connectivity index (χ0) is 19.9. The summed E-state index contributed by atoms with van der Waals surface area (Å²) < 4.78 is 15.8. The number of non-ortho nitro benzene ring substituents is 1. The molecule has 0 bridgehead atoms. The third-order valence-electron chi connectivity index (χ3n) is 3.71. The van der Waals surface area contributed by atoms with Crippen molar-refractivity contribution in [2.24, 2.45) is 0 Å². The SMILES string of the molecule is O=C(O)COCCOCCOc1ccc2c(c1)Sc1cc([N+](=O)[O-])ccc1N2. The molecule has 10 heteroatoms. The lowest BCUT2D eigenvalue weighted by Gasteiger charge is -2.21. The Morgan fingerprint density at radius 1 is 1.04 bits per heavy atom. The maximum absolute atomic E-state index is 11.0. The topological polar surface area (TPSA) is 120 Å². The molecule has 28 heavy (non-hydrogen) atoms. The van der Waals surface area contributed by atoms with Crippen LogP contribution in [0, 0.1) is 10.1 Å². The van der Waals surface area contributed by atoms with Gasteiger partial charge in [0.15, 0.2) is 0 Å². The van der Waals surface area contributed by atoms with E-state index in [4.69, 9.17) is 19.3 Å². The van der Waals surface area contributed by atoms with Crippen LogP contribution in [0.25, 0.3) is 0 Å². The van der Waals surface area contributed by atoms with Crippen molar-refractivity contribution in [2.45, 2.75) is 9.79 Å². The van der Waals surface area contributed by atoms with Crippen LogP contribution in [-0.4, -0.2) is 49.0 Å². The Morgan fingerprint density at radius 2 is 1.71 bits per heavy atom. The number of carbonyl (C=O) groups is 1. The molecule has 2 N–H and O–H groups in total. The summed E-state index contributed by atoms with van der Waals surface area (Å²) in [6.45, 7) is 0.827. The normalized spacial score (nSPS) is 11.9. The average Bonchev–Trinajstić information content (AvgIpc) is 2.67. The highest BCUT2D eigenvalue weighted by Crippen LogP contribution is 2.46. The van der Waals surface area contributed by atoms with Gasteiger partial charge < -0.3 is 24.6 Å². The van der Waals surface area contributed by atoms with Crippen molar-refractivity contribution in [1.82, 2.24) is 0 Å². The number of nitro groups is 1. The van der Waals surface area contributed by atoms with Gasteiger partial charge in [-0.1, -0.05) is 11.8 Å². The van der Waals surface area contributed by atoms with Crippen molar-refractivity contribution in [3.8, 4) is 5.75 Å². The number of fused-ring (bicyclic) bond motifs is 2. The van der Waals surface area contributed by atoms with Crippen molar-refractivity contribution in [3.63, 3.8) is 0 Å². The molecule has 0 aromatic heterocycles. The Bertz CT molecular complexity index is 875. The summed E-state index contributed by atoms with van der Waals surface area (Å²) in [6, 6.07) is 10.3. The van der Waals surface area contributed by atoms with E-state index in [0.717, 1.165) is 21.2 Å². The molecular formula is C18H18N2O7S. The van der Waals surface area contributed by atoms with Gasteiger partial charge in [0.2, 0.25) is 0 Å². The molecule has 0 radical (unpaired) electrons. The summed E-state index contributed by atoms with van der Waals surface area (Å²) in [5, 5.41) is 22.6. The van der Waals surface area contributed by atoms with Gasteiger partial charge in [0.05, 0.1) is 36.1 Å². The molecule has 0 saturated heterocycles. The number of carboxylic acids is 1. The van der Waals surface area contributed by atoms with Gasteiger partial charge in [-0.3, -0.25) is 10.1 Å². The van der Waals surface area contributed by atoms with Crippen molar-refractivity contribution in [3.05, 3.63) is 46.5 Å². The van der Waals surface area contributed by atoms with E-state index in [1.807, 2.05) is 18.2 Å². The first-order chi connectivity index (χ1) is 13.5. The minimum atomic E-state index is -1.01. The minimum Gasteiger partial charge on any atom is -0.491 e. The van der Waals surface area contributed by atoms with Gasteiger partial charge in [0, 0.05) is 21.9 Å². The van der Waals surface area contributed by atoms with Crippen molar-refractivity contribution in [1.29, 1.82) is 0 Å². The summed E-state index contributed by atoms with van der Waals surface area (Å²) in [4.78, 5) is 22.5. The number of hydrogen-bond acceptors (Lipinski definition) is 8. The second kappa shape index (κ2) is 9.40. The Morgan fingerprint density at radius 3 is 2.46 bits per heavy atom. The zero-order valence-electron chi connectivity index (χ0n) is 14.8. The zero-order valence-corrected chi connectivity index (χ0v) is 15.6. The van der Waals surface area contributed by atoms with Gasteiger partial charge in [0.1, 0.15) is 19.0 Å². The molecule has 148 valence electrons. The van der Waals surface area contributed by atoms with Gasteiger partial charge in [-0.2, -0.15) is 0 Å². The molecule has 3 rings (SSSR count). The van der Waals surface area contributed by atoms with Gasteiger partial charge in [-0.05, 0) is 24.3 Å². The lowest BCUT2D eigenvalue weighted by molar-refractivity contribution is -0.385. The van der Waals surface area contributed by atoms with E-state index in [1.165, 1.54) is 17.8 Å². The molecule has 0 aliphatic carbocycles. The summed E-state index contributed by atoms with van der Waals surface area (Å²) in [6.07, 6.45) is 0. The second-order valence-electron chi connectivity index (χ2n) is 5.73.